The van der Waals surface area contributed by atoms with E-state index in [4.69, 9.17) is 23.2 Å². The van der Waals surface area contributed by atoms with Gasteiger partial charge in [0.05, 0.1) is 17.8 Å². The Balaban J connectivity index is 2.01. The molecule has 0 saturated carbocycles. The molecule has 1 aromatic heterocycles. The normalized spacial score (nSPS) is 15.5. The predicted octanol–water partition coefficient (Wildman–Crippen LogP) is 5.82. The molecule has 1 atom stereocenters. The van der Waals surface area contributed by atoms with Crippen molar-refractivity contribution in [3.63, 3.8) is 0 Å². The summed E-state index contributed by atoms with van der Waals surface area (Å²) in [5.41, 5.74) is -0.663. The average molecular weight is 486 g/mol. The minimum atomic E-state index is -4.64. The topological polar surface area (TPSA) is 35.5 Å². The van der Waals surface area contributed by atoms with Crippen molar-refractivity contribution >= 4 is 40.4 Å². The highest BCUT2D eigenvalue weighted by atomic mass is 35.5. The minimum absolute atomic E-state index is 0.0782. The number of anilines is 2. The number of rotatable bonds is 6. The van der Waals surface area contributed by atoms with E-state index in [1.54, 1.807) is 36.3 Å². The monoisotopic (exact) mass is 485 g/mol. The Morgan fingerprint density at radius 3 is 2.44 bits per heavy atom. The Hall–Kier alpha value is -2.45. The van der Waals surface area contributed by atoms with Crippen LogP contribution in [0.3, 0.4) is 0 Å². The van der Waals surface area contributed by atoms with Crippen LogP contribution < -0.4 is 9.80 Å². The summed E-state index contributed by atoms with van der Waals surface area (Å²) in [5.74, 6) is 0.582. The summed E-state index contributed by atoms with van der Waals surface area (Å²) in [7, 11) is 1.66. The molecule has 2 heterocycles. The zero-order chi connectivity index (χ0) is 23.6. The molecule has 3 rings (SSSR count). The first kappa shape index (κ1) is 24.2. The maximum absolute atomic E-state index is 13.5. The van der Waals surface area contributed by atoms with Crippen molar-refractivity contribution in [1.82, 2.24) is 14.9 Å². The number of aromatic nitrogens is 2. The van der Waals surface area contributed by atoms with Gasteiger partial charge in [0, 0.05) is 43.3 Å². The van der Waals surface area contributed by atoms with Crippen molar-refractivity contribution in [3.05, 3.63) is 65.1 Å². The van der Waals surface area contributed by atoms with Crippen molar-refractivity contribution < 1.29 is 13.2 Å². The summed E-state index contributed by atoms with van der Waals surface area (Å²) in [4.78, 5) is 14.4. The first-order valence-corrected chi connectivity index (χ1v) is 10.7. The van der Waals surface area contributed by atoms with E-state index in [1.807, 2.05) is 11.8 Å². The van der Waals surface area contributed by atoms with Crippen LogP contribution in [0.4, 0.5) is 24.8 Å². The predicted molar refractivity (Wildman–Crippen MR) is 124 cm³/mol. The van der Waals surface area contributed by atoms with Gasteiger partial charge in [0.25, 0.3) is 0 Å². The van der Waals surface area contributed by atoms with Crippen molar-refractivity contribution in [2.24, 2.45) is 0 Å². The van der Waals surface area contributed by atoms with E-state index >= 15 is 0 Å². The Morgan fingerprint density at radius 2 is 1.88 bits per heavy atom. The lowest BCUT2D eigenvalue weighted by atomic mass is 10.1. The molecule has 1 fully saturated rings. The van der Waals surface area contributed by atoms with Gasteiger partial charge in [0.2, 0.25) is 0 Å². The number of alkyl halides is 3. The molecular formula is C22H24Cl2F3N5. The molecule has 1 aliphatic heterocycles. The summed E-state index contributed by atoms with van der Waals surface area (Å²) >= 11 is 12.3. The summed E-state index contributed by atoms with van der Waals surface area (Å²) < 4.78 is 40.5. The minimum Gasteiger partial charge on any atom is -0.374 e. The van der Waals surface area contributed by atoms with Crippen LogP contribution in [0.25, 0.3) is 5.57 Å². The van der Waals surface area contributed by atoms with Gasteiger partial charge in [0.15, 0.2) is 5.82 Å². The van der Waals surface area contributed by atoms with Gasteiger partial charge in [-0.3, -0.25) is 0 Å². The fraction of sp³-hybridized carbons (Fsp3) is 0.364. The highest BCUT2D eigenvalue weighted by molar-refractivity contribution is 6.35. The number of hydrogen-bond donors (Lipinski definition) is 0. The van der Waals surface area contributed by atoms with Crippen molar-refractivity contribution in [3.8, 4) is 0 Å². The van der Waals surface area contributed by atoms with Crippen LogP contribution in [-0.2, 0) is 0 Å². The van der Waals surface area contributed by atoms with Crippen molar-refractivity contribution in [2.45, 2.75) is 19.1 Å². The molecule has 0 amide bonds. The highest BCUT2D eigenvalue weighted by Crippen LogP contribution is 2.39. The smallest absolute Gasteiger partial charge is 0.374 e. The molecule has 0 bridgehead atoms. The fourth-order valence-corrected chi connectivity index (χ4v) is 4.05. The van der Waals surface area contributed by atoms with E-state index in [9.17, 15) is 13.2 Å². The molecule has 32 heavy (non-hydrogen) atoms. The molecule has 1 unspecified atom stereocenters. The van der Waals surface area contributed by atoms with Gasteiger partial charge in [-0.05, 0) is 30.8 Å². The van der Waals surface area contributed by atoms with Gasteiger partial charge in [-0.15, -0.1) is 0 Å². The molecular weight excluding hydrogens is 462 g/mol. The van der Waals surface area contributed by atoms with Gasteiger partial charge >= 0.3 is 6.18 Å². The Labute approximate surface area is 195 Å². The lowest BCUT2D eigenvalue weighted by Crippen LogP contribution is -2.44. The molecule has 1 aromatic carbocycles. The van der Waals surface area contributed by atoms with Crippen LogP contribution in [-0.4, -0.2) is 54.3 Å². The molecule has 0 radical (unpaired) electrons. The molecule has 0 N–H and O–H groups in total. The number of halogens is 5. The molecule has 5 nitrogen and oxygen atoms in total. The zero-order valence-corrected chi connectivity index (χ0v) is 19.3. The SMILES string of the molecule is C=CN1CCN(c2cnc(C(=C)C(F)(F)F)c(N(C)C(C)c3ccc(Cl)cc3Cl)n2)CC1. The van der Waals surface area contributed by atoms with Crippen LogP contribution in [0, 0.1) is 0 Å². The van der Waals surface area contributed by atoms with Crippen LogP contribution in [0.5, 0.6) is 0 Å². The molecule has 0 aliphatic carbocycles. The van der Waals surface area contributed by atoms with Crippen LogP contribution in [0.15, 0.2) is 43.8 Å². The lowest BCUT2D eigenvalue weighted by Gasteiger charge is -2.35. The van der Waals surface area contributed by atoms with Gasteiger partial charge in [-0.25, -0.2) is 9.97 Å². The van der Waals surface area contributed by atoms with E-state index in [1.165, 1.54) is 6.20 Å². The maximum Gasteiger partial charge on any atom is 0.418 e. The summed E-state index contributed by atoms with van der Waals surface area (Å²) in [6, 6.07) is 4.63. The van der Waals surface area contributed by atoms with Crippen molar-refractivity contribution in [1.29, 1.82) is 0 Å². The largest absolute Gasteiger partial charge is 0.418 e. The van der Waals surface area contributed by atoms with Gasteiger partial charge in [-0.2, -0.15) is 13.2 Å². The van der Waals surface area contributed by atoms with Gasteiger partial charge < -0.3 is 14.7 Å². The fourth-order valence-electron chi connectivity index (χ4n) is 3.48. The van der Waals surface area contributed by atoms with E-state index in [0.717, 1.165) is 13.1 Å². The lowest BCUT2D eigenvalue weighted by molar-refractivity contribution is -0.0688. The third kappa shape index (κ3) is 5.13. The number of piperazine rings is 1. The first-order valence-electron chi connectivity index (χ1n) is 9.95. The maximum atomic E-state index is 13.5. The second kappa shape index (κ2) is 9.58. The van der Waals surface area contributed by atoms with Crippen LogP contribution in [0.1, 0.15) is 24.2 Å². The van der Waals surface area contributed by atoms with E-state index in [2.05, 4.69) is 28.0 Å². The average Bonchev–Trinajstić information content (AvgIpc) is 2.76. The molecule has 1 saturated heterocycles. The molecule has 0 spiro atoms. The second-order valence-corrected chi connectivity index (χ2v) is 8.38. The molecule has 10 heteroatoms. The summed E-state index contributed by atoms with van der Waals surface area (Å²) in [6.07, 6.45) is -1.49. The second-order valence-electron chi connectivity index (χ2n) is 7.54. The van der Waals surface area contributed by atoms with Gasteiger partial charge in [0.1, 0.15) is 11.5 Å². The molecule has 172 valence electrons. The first-order chi connectivity index (χ1) is 15.0. The highest BCUT2D eigenvalue weighted by Gasteiger charge is 2.37. The quantitative estimate of drug-likeness (QED) is 0.514. The Kier molecular flexibility index (Phi) is 7.25. The van der Waals surface area contributed by atoms with Gasteiger partial charge in [-0.1, -0.05) is 42.4 Å². The zero-order valence-electron chi connectivity index (χ0n) is 17.8. The molecule has 1 aliphatic rings. The third-order valence-corrected chi connectivity index (χ3v) is 6.16. The molecule has 2 aromatic rings. The Morgan fingerprint density at radius 1 is 1.22 bits per heavy atom. The summed E-state index contributed by atoms with van der Waals surface area (Å²) in [6.45, 7) is 11.6. The Bertz CT molecular complexity index is 1000. The number of nitrogens with zero attached hydrogens (tertiary/aromatic N) is 5. The standard InChI is InChI=1S/C22H24Cl2F3N5/c1-5-31-8-10-32(11-9-31)19-13-28-20(14(2)22(25,26)27)21(29-19)30(4)15(3)17-7-6-16(23)12-18(17)24/h5-7,12-13,15H,1-2,8-11H2,3-4H3. The summed E-state index contributed by atoms with van der Waals surface area (Å²) in [5, 5.41) is 0.887. The van der Waals surface area contributed by atoms with Crippen LogP contribution >= 0.6 is 23.2 Å². The van der Waals surface area contributed by atoms with Crippen molar-refractivity contribution in [2.75, 3.05) is 43.0 Å². The number of allylic oxidation sites excluding steroid dienone is 1. The third-order valence-electron chi connectivity index (χ3n) is 5.59. The van der Waals surface area contributed by atoms with Crippen LogP contribution in [0.2, 0.25) is 10.0 Å². The number of hydrogen-bond acceptors (Lipinski definition) is 5. The number of benzene rings is 1. The van der Waals surface area contributed by atoms with E-state index in [0.29, 0.717) is 34.5 Å². The van der Waals surface area contributed by atoms with E-state index < -0.39 is 17.8 Å². The van der Waals surface area contributed by atoms with E-state index in [-0.39, 0.29) is 11.5 Å².